The minimum Gasteiger partial charge on any atom is -0.399 e. The van der Waals surface area contributed by atoms with Gasteiger partial charge in [0.1, 0.15) is 0 Å². The molecule has 0 atom stereocenters. The topological polar surface area (TPSA) is 110 Å². The first-order chi connectivity index (χ1) is 22.9. The maximum atomic E-state index is 8.12. The lowest BCUT2D eigenvalue weighted by Gasteiger charge is -2.19. The van der Waals surface area contributed by atoms with Gasteiger partial charge in [0.05, 0.1) is 28.5 Å². The Bertz CT molecular complexity index is 2200. The summed E-state index contributed by atoms with van der Waals surface area (Å²) in [4.78, 5) is 4.47. The van der Waals surface area contributed by atoms with Gasteiger partial charge in [-0.3, -0.25) is 16.2 Å². The molecular weight excluding hydrogens is 574 g/mol. The van der Waals surface area contributed by atoms with Crippen LogP contribution in [0.1, 0.15) is 11.3 Å². The van der Waals surface area contributed by atoms with Crippen molar-refractivity contribution in [3.05, 3.63) is 176 Å². The van der Waals surface area contributed by atoms with E-state index in [1.54, 1.807) is 30.4 Å². The predicted molar refractivity (Wildman–Crippen MR) is 200 cm³/mol. The quantitative estimate of drug-likeness (QED) is 0.0497. The summed E-state index contributed by atoms with van der Waals surface area (Å²) >= 11 is 0. The summed E-state index contributed by atoms with van der Waals surface area (Å²) in [7, 11) is 0. The molecule has 0 unspecified atom stereocenters. The minimum absolute atomic E-state index is 0.248. The van der Waals surface area contributed by atoms with Crippen molar-refractivity contribution in [2.24, 2.45) is 0 Å². The van der Waals surface area contributed by atoms with Gasteiger partial charge in [-0.25, -0.2) is 4.98 Å². The molecule has 0 aliphatic heterocycles. The van der Waals surface area contributed by atoms with Gasteiger partial charge in [0.25, 0.3) is 0 Å². The molecule has 7 rings (SSSR count). The molecular formula is C42H33N5. The first-order valence-corrected chi connectivity index (χ1v) is 15.2. The Kier molecular flexibility index (Phi) is 8.89. The minimum atomic E-state index is 0.248. The van der Waals surface area contributed by atoms with Gasteiger partial charge in [0.2, 0.25) is 0 Å². The maximum Gasteiger partial charge on any atom is 0.0886 e. The van der Waals surface area contributed by atoms with Crippen molar-refractivity contribution in [1.29, 1.82) is 16.2 Å². The molecule has 6 aromatic rings. The number of nitrogen functional groups attached to an aromatic ring is 1. The molecule has 0 fully saturated rings. The van der Waals surface area contributed by atoms with Crippen molar-refractivity contribution < 1.29 is 0 Å². The highest BCUT2D eigenvalue weighted by molar-refractivity contribution is 6.50. The average molecular weight is 608 g/mol. The number of rotatable bonds is 6. The summed E-state index contributed by atoms with van der Waals surface area (Å²) in [5, 5.41) is 28.6. The number of nitrogens with zero attached hydrogens (tertiary/aromatic N) is 1. The lowest BCUT2D eigenvalue weighted by molar-refractivity contribution is 1.28. The van der Waals surface area contributed by atoms with Crippen molar-refractivity contribution in [1.82, 2.24) is 4.98 Å². The molecule has 5 N–H and O–H groups in total. The van der Waals surface area contributed by atoms with Crippen LogP contribution in [0.2, 0.25) is 0 Å². The van der Waals surface area contributed by atoms with E-state index in [4.69, 9.17) is 22.0 Å². The largest absolute Gasteiger partial charge is 0.399 e. The van der Waals surface area contributed by atoms with Crippen LogP contribution >= 0.6 is 0 Å². The lowest BCUT2D eigenvalue weighted by Crippen LogP contribution is -2.10. The Balaban J connectivity index is 0.000000178. The van der Waals surface area contributed by atoms with E-state index < -0.39 is 0 Å². The zero-order valence-corrected chi connectivity index (χ0v) is 25.7. The van der Waals surface area contributed by atoms with Gasteiger partial charge in [-0.1, -0.05) is 122 Å². The second-order valence-corrected chi connectivity index (χ2v) is 11.0. The molecule has 0 bridgehead atoms. The fraction of sp³-hybridized carbons (Fsp3) is 0. The number of pyridine rings is 1. The monoisotopic (exact) mass is 607 g/mol. The molecule has 1 heterocycles. The smallest absolute Gasteiger partial charge is 0.0886 e. The van der Waals surface area contributed by atoms with E-state index in [0.717, 1.165) is 38.9 Å². The van der Waals surface area contributed by atoms with Crippen LogP contribution in [0, 0.1) is 16.2 Å². The first-order valence-electron chi connectivity index (χ1n) is 15.2. The van der Waals surface area contributed by atoms with Crippen LogP contribution in [-0.2, 0) is 0 Å². The van der Waals surface area contributed by atoms with Gasteiger partial charge in [0.15, 0.2) is 0 Å². The van der Waals surface area contributed by atoms with Gasteiger partial charge in [-0.15, -0.1) is 0 Å². The highest BCUT2D eigenvalue weighted by Crippen LogP contribution is 2.42. The van der Waals surface area contributed by atoms with Crippen molar-refractivity contribution in [2.45, 2.75) is 0 Å². The van der Waals surface area contributed by atoms with E-state index in [2.05, 4.69) is 84.4 Å². The molecule has 0 spiro atoms. The lowest BCUT2D eigenvalue weighted by atomic mass is 9.84. The van der Waals surface area contributed by atoms with E-state index in [-0.39, 0.29) is 11.4 Å². The van der Waals surface area contributed by atoms with Gasteiger partial charge in [-0.05, 0) is 86.3 Å². The number of benzene rings is 5. The highest BCUT2D eigenvalue weighted by atomic mass is 14.7. The van der Waals surface area contributed by atoms with E-state index in [1.165, 1.54) is 21.9 Å². The number of hydrogen-bond donors (Lipinski definition) is 4. The third kappa shape index (κ3) is 6.51. The predicted octanol–water partition coefficient (Wildman–Crippen LogP) is 10.1. The molecule has 0 saturated heterocycles. The van der Waals surface area contributed by atoms with Crippen molar-refractivity contribution in [3.63, 3.8) is 0 Å². The fourth-order valence-corrected chi connectivity index (χ4v) is 5.70. The molecule has 47 heavy (non-hydrogen) atoms. The molecule has 1 aliphatic rings. The highest BCUT2D eigenvalue weighted by Gasteiger charge is 2.18. The van der Waals surface area contributed by atoms with Crippen LogP contribution in [0.15, 0.2) is 164 Å². The van der Waals surface area contributed by atoms with Crippen molar-refractivity contribution >= 4 is 49.9 Å². The average Bonchev–Trinajstić information content (AvgIpc) is 3.11. The number of fused-ring (bicyclic) bond motifs is 2. The van der Waals surface area contributed by atoms with Crippen molar-refractivity contribution in [2.75, 3.05) is 5.73 Å². The third-order valence-electron chi connectivity index (χ3n) is 7.93. The number of nitrogens with one attached hydrogen (secondary N) is 3. The van der Waals surface area contributed by atoms with Crippen molar-refractivity contribution in [3.8, 4) is 22.4 Å². The molecule has 226 valence electrons. The number of nitrogens with two attached hydrogens (primary N) is 1. The molecule has 5 heteroatoms. The Hall–Kier alpha value is -6.46. The second kappa shape index (κ2) is 13.7. The van der Waals surface area contributed by atoms with Crippen LogP contribution in [0.25, 0.3) is 49.5 Å². The summed E-state index contributed by atoms with van der Waals surface area (Å²) in [6.07, 6.45) is 10.5. The summed E-state index contributed by atoms with van der Waals surface area (Å²) in [5.74, 6) is 0. The SMILES string of the molecule is C=C/C=C\C(=N)c1cccc(-c2ccc(N)cc2)n1.N=C1C=CC(c2c3ccccc3c(-c3ccccc3)c3ccccc23)=CC1=N. The first kappa shape index (κ1) is 30.6. The summed E-state index contributed by atoms with van der Waals surface area (Å²) in [6, 6.07) is 40.6. The Morgan fingerprint density at radius 1 is 0.617 bits per heavy atom. The molecule has 5 aromatic carbocycles. The van der Waals surface area contributed by atoms with Crippen LogP contribution in [0.4, 0.5) is 5.69 Å². The Labute approximate surface area is 274 Å². The number of anilines is 1. The molecule has 5 nitrogen and oxygen atoms in total. The van der Waals surface area contributed by atoms with E-state index in [0.29, 0.717) is 11.4 Å². The molecule has 0 amide bonds. The summed E-state index contributed by atoms with van der Waals surface area (Å²) < 4.78 is 0. The molecule has 1 aliphatic carbocycles. The van der Waals surface area contributed by atoms with Crippen LogP contribution < -0.4 is 5.73 Å². The van der Waals surface area contributed by atoms with Crippen LogP contribution in [0.3, 0.4) is 0 Å². The maximum absolute atomic E-state index is 8.12. The van der Waals surface area contributed by atoms with Gasteiger partial charge >= 0.3 is 0 Å². The summed E-state index contributed by atoms with van der Waals surface area (Å²) in [5.41, 5.74) is 14.2. The van der Waals surface area contributed by atoms with Crippen LogP contribution in [0.5, 0.6) is 0 Å². The number of allylic oxidation sites excluding steroid dienone is 7. The zero-order valence-electron chi connectivity index (χ0n) is 25.7. The van der Waals surface area contributed by atoms with E-state index in [9.17, 15) is 0 Å². The molecule has 0 radical (unpaired) electrons. The zero-order chi connectivity index (χ0) is 32.8. The second-order valence-electron chi connectivity index (χ2n) is 11.0. The normalized spacial score (nSPS) is 12.6. The fourth-order valence-electron chi connectivity index (χ4n) is 5.70. The van der Waals surface area contributed by atoms with E-state index >= 15 is 0 Å². The van der Waals surface area contributed by atoms with Gasteiger partial charge in [0, 0.05) is 11.3 Å². The standard InChI is InChI=1S/C26H18N2.C16H15N3/c27-23-15-14-18(16-24(23)28)26-21-12-6-4-10-19(21)25(17-8-2-1-3-9-17)20-11-5-7-13-22(20)26;1-2-3-5-14(18)16-7-4-6-15(19-16)12-8-10-13(17)11-9-12/h1-16,27-28H;2-11,18H,1,17H2/b;5-3-,18-14?. The molecule has 0 saturated carbocycles. The third-order valence-corrected chi connectivity index (χ3v) is 7.93. The Morgan fingerprint density at radius 2 is 1.21 bits per heavy atom. The Morgan fingerprint density at radius 3 is 1.81 bits per heavy atom. The van der Waals surface area contributed by atoms with Gasteiger partial charge in [-0.2, -0.15) is 0 Å². The van der Waals surface area contributed by atoms with E-state index in [1.807, 2.05) is 54.6 Å². The van der Waals surface area contributed by atoms with Crippen LogP contribution in [-0.4, -0.2) is 22.1 Å². The number of hydrogen-bond acceptors (Lipinski definition) is 5. The summed E-state index contributed by atoms with van der Waals surface area (Å²) in [6.45, 7) is 3.58. The molecule has 1 aromatic heterocycles. The van der Waals surface area contributed by atoms with Gasteiger partial charge < -0.3 is 5.73 Å². The number of aromatic nitrogens is 1.